The average Bonchev–Trinajstić information content (AvgIpc) is 2.19. The summed E-state index contributed by atoms with van der Waals surface area (Å²) in [5.74, 6) is 0.590. The van der Waals surface area contributed by atoms with Crippen LogP contribution in [0.25, 0.3) is 0 Å². The maximum absolute atomic E-state index is 9.50. The molecule has 3 heteroatoms. The van der Waals surface area contributed by atoms with Crippen LogP contribution in [0.3, 0.4) is 0 Å². The molecule has 1 N–H and O–H groups in total. The van der Waals surface area contributed by atoms with Gasteiger partial charge in [-0.15, -0.1) is 6.58 Å². The summed E-state index contributed by atoms with van der Waals surface area (Å²) < 4.78 is 4.93. The number of nitrogens with zero attached hydrogens (tertiary/aromatic N) is 1. The van der Waals surface area contributed by atoms with Gasteiger partial charge in [-0.1, -0.05) is 12.1 Å². The van der Waals surface area contributed by atoms with Crippen LogP contribution in [-0.2, 0) is 6.42 Å². The lowest BCUT2D eigenvalue weighted by molar-refractivity contribution is 0.178. The predicted octanol–water partition coefficient (Wildman–Crippen LogP) is 1.57. The number of pyridine rings is 1. The molecule has 1 aromatic rings. The van der Waals surface area contributed by atoms with Crippen molar-refractivity contribution in [3.63, 3.8) is 0 Å². The Balaban J connectivity index is 2.54. The Morgan fingerprint density at radius 3 is 2.93 bits per heavy atom. The van der Waals surface area contributed by atoms with Crippen molar-refractivity contribution in [1.29, 1.82) is 0 Å². The van der Waals surface area contributed by atoms with E-state index in [1.807, 2.05) is 6.07 Å². The molecule has 0 aliphatic rings. The number of rotatable bonds is 5. The standard InChI is InChI=1S/C11H15NO2/c1-3-4-10(13)7-9-5-6-11(14-2)12-8-9/h3,5-6,8,10,13H,1,4,7H2,2H3. The minimum Gasteiger partial charge on any atom is -0.481 e. The Kier molecular flexibility index (Phi) is 4.13. The van der Waals surface area contributed by atoms with Crippen LogP contribution in [0.4, 0.5) is 0 Å². The fourth-order valence-corrected chi connectivity index (χ4v) is 1.20. The van der Waals surface area contributed by atoms with Crippen LogP contribution in [0, 0.1) is 0 Å². The maximum Gasteiger partial charge on any atom is 0.212 e. The molecule has 0 aliphatic heterocycles. The molecule has 0 spiro atoms. The van der Waals surface area contributed by atoms with Gasteiger partial charge in [0.25, 0.3) is 0 Å². The monoisotopic (exact) mass is 193 g/mol. The highest BCUT2D eigenvalue weighted by atomic mass is 16.5. The van der Waals surface area contributed by atoms with Crippen molar-refractivity contribution >= 4 is 0 Å². The molecule has 1 atom stereocenters. The van der Waals surface area contributed by atoms with Crippen molar-refractivity contribution in [3.05, 3.63) is 36.5 Å². The summed E-state index contributed by atoms with van der Waals surface area (Å²) in [6.45, 7) is 3.57. The van der Waals surface area contributed by atoms with Crippen LogP contribution in [0.5, 0.6) is 5.88 Å². The summed E-state index contributed by atoms with van der Waals surface area (Å²) in [5, 5.41) is 9.50. The number of hydrogen-bond donors (Lipinski definition) is 1. The molecule has 1 aromatic heterocycles. The van der Waals surface area contributed by atoms with Crippen molar-refractivity contribution < 1.29 is 9.84 Å². The smallest absolute Gasteiger partial charge is 0.212 e. The van der Waals surface area contributed by atoms with Gasteiger partial charge in [0, 0.05) is 18.7 Å². The molecule has 1 unspecified atom stereocenters. The van der Waals surface area contributed by atoms with E-state index in [9.17, 15) is 5.11 Å². The Labute approximate surface area is 84.1 Å². The molecule has 76 valence electrons. The Hall–Kier alpha value is -1.35. The maximum atomic E-state index is 9.50. The lowest BCUT2D eigenvalue weighted by Crippen LogP contribution is -2.08. The largest absolute Gasteiger partial charge is 0.481 e. The second-order valence-corrected chi connectivity index (χ2v) is 3.09. The van der Waals surface area contributed by atoms with E-state index in [0.29, 0.717) is 18.7 Å². The lowest BCUT2D eigenvalue weighted by atomic mass is 10.1. The van der Waals surface area contributed by atoms with E-state index in [0.717, 1.165) is 5.56 Å². The second kappa shape index (κ2) is 5.40. The highest BCUT2D eigenvalue weighted by molar-refractivity contribution is 5.18. The van der Waals surface area contributed by atoms with Gasteiger partial charge in [0.15, 0.2) is 0 Å². The molecular formula is C11H15NO2. The number of aliphatic hydroxyl groups excluding tert-OH is 1. The zero-order chi connectivity index (χ0) is 10.4. The minimum absolute atomic E-state index is 0.373. The molecule has 14 heavy (non-hydrogen) atoms. The van der Waals surface area contributed by atoms with E-state index in [2.05, 4.69) is 11.6 Å². The summed E-state index contributed by atoms with van der Waals surface area (Å²) >= 11 is 0. The Bertz CT molecular complexity index is 282. The third-order valence-electron chi connectivity index (χ3n) is 1.92. The van der Waals surface area contributed by atoms with E-state index in [-0.39, 0.29) is 6.10 Å². The number of aliphatic hydroxyl groups is 1. The molecule has 1 heterocycles. The molecule has 0 bridgehead atoms. The van der Waals surface area contributed by atoms with E-state index >= 15 is 0 Å². The van der Waals surface area contributed by atoms with Gasteiger partial charge >= 0.3 is 0 Å². The van der Waals surface area contributed by atoms with Gasteiger partial charge in [0.1, 0.15) is 0 Å². The summed E-state index contributed by atoms with van der Waals surface area (Å²) in [6.07, 6.45) is 4.25. The van der Waals surface area contributed by atoms with Gasteiger partial charge in [-0.25, -0.2) is 4.98 Å². The Morgan fingerprint density at radius 2 is 2.43 bits per heavy atom. The first-order valence-electron chi connectivity index (χ1n) is 4.54. The van der Waals surface area contributed by atoms with Crippen molar-refractivity contribution in [3.8, 4) is 5.88 Å². The third-order valence-corrected chi connectivity index (χ3v) is 1.92. The minimum atomic E-state index is -0.373. The van der Waals surface area contributed by atoms with Gasteiger partial charge in [-0.05, 0) is 12.0 Å². The van der Waals surface area contributed by atoms with Crippen LogP contribution in [0.15, 0.2) is 31.0 Å². The number of ether oxygens (including phenoxy) is 1. The van der Waals surface area contributed by atoms with Crippen molar-refractivity contribution in [2.75, 3.05) is 7.11 Å². The zero-order valence-corrected chi connectivity index (χ0v) is 8.31. The van der Waals surface area contributed by atoms with Crippen LogP contribution in [0.1, 0.15) is 12.0 Å². The summed E-state index contributed by atoms with van der Waals surface area (Å²) in [6, 6.07) is 3.69. The predicted molar refractivity (Wildman–Crippen MR) is 55.3 cm³/mol. The van der Waals surface area contributed by atoms with Crippen molar-refractivity contribution in [2.24, 2.45) is 0 Å². The molecule has 0 aromatic carbocycles. The highest BCUT2D eigenvalue weighted by Gasteiger charge is 2.03. The second-order valence-electron chi connectivity index (χ2n) is 3.09. The third kappa shape index (κ3) is 3.18. The van der Waals surface area contributed by atoms with Gasteiger partial charge in [0.05, 0.1) is 13.2 Å². The molecule has 0 radical (unpaired) electrons. The first kappa shape index (κ1) is 10.7. The number of aromatic nitrogens is 1. The van der Waals surface area contributed by atoms with E-state index in [4.69, 9.17) is 4.74 Å². The first-order valence-corrected chi connectivity index (χ1v) is 4.54. The average molecular weight is 193 g/mol. The van der Waals surface area contributed by atoms with Crippen molar-refractivity contribution in [1.82, 2.24) is 4.98 Å². The van der Waals surface area contributed by atoms with E-state index < -0.39 is 0 Å². The molecule has 0 amide bonds. The lowest BCUT2D eigenvalue weighted by Gasteiger charge is -2.07. The molecule has 0 aliphatic carbocycles. The van der Waals surface area contributed by atoms with Gasteiger partial charge in [0.2, 0.25) is 5.88 Å². The quantitative estimate of drug-likeness (QED) is 0.722. The van der Waals surface area contributed by atoms with Gasteiger partial charge < -0.3 is 9.84 Å². The molecule has 0 saturated heterocycles. The zero-order valence-electron chi connectivity index (χ0n) is 8.31. The molecule has 3 nitrogen and oxygen atoms in total. The van der Waals surface area contributed by atoms with Crippen LogP contribution < -0.4 is 4.74 Å². The van der Waals surface area contributed by atoms with Gasteiger partial charge in [-0.2, -0.15) is 0 Å². The van der Waals surface area contributed by atoms with Crippen LogP contribution in [-0.4, -0.2) is 23.3 Å². The molecule has 0 saturated carbocycles. The summed E-state index contributed by atoms with van der Waals surface area (Å²) in [5.41, 5.74) is 1.00. The SMILES string of the molecule is C=CCC(O)Cc1ccc(OC)nc1. The fraction of sp³-hybridized carbons (Fsp3) is 0.364. The summed E-state index contributed by atoms with van der Waals surface area (Å²) in [4.78, 5) is 4.05. The topological polar surface area (TPSA) is 42.4 Å². The number of hydrogen-bond acceptors (Lipinski definition) is 3. The van der Waals surface area contributed by atoms with E-state index in [1.54, 1.807) is 25.4 Å². The molecule has 0 fully saturated rings. The van der Waals surface area contributed by atoms with Crippen LogP contribution >= 0.6 is 0 Å². The Morgan fingerprint density at radius 1 is 1.64 bits per heavy atom. The highest BCUT2D eigenvalue weighted by Crippen LogP contribution is 2.09. The van der Waals surface area contributed by atoms with Gasteiger partial charge in [-0.3, -0.25) is 0 Å². The molecule has 1 rings (SSSR count). The fourth-order valence-electron chi connectivity index (χ4n) is 1.20. The summed E-state index contributed by atoms with van der Waals surface area (Å²) in [7, 11) is 1.58. The number of methoxy groups -OCH3 is 1. The normalized spacial score (nSPS) is 12.1. The first-order chi connectivity index (χ1) is 6.76. The van der Waals surface area contributed by atoms with Crippen LogP contribution in [0.2, 0.25) is 0 Å². The van der Waals surface area contributed by atoms with E-state index in [1.165, 1.54) is 0 Å². The molecular weight excluding hydrogens is 178 g/mol. The van der Waals surface area contributed by atoms with Crippen molar-refractivity contribution in [2.45, 2.75) is 18.9 Å².